The lowest BCUT2D eigenvalue weighted by Gasteiger charge is -2.29. The molecule has 2 heterocycles. The van der Waals surface area contributed by atoms with Crippen molar-refractivity contribution in [3.63, 3.8) is 0 Å². The van der Waals surface area contributed by atoms with Crippen molar-refractivity contribution in [3.8, 4) is 0 Å². The molecule has 6 nitrogen and oxygen atoms in total. The molecule has 154 valence electrons. The van der Waals surface area contributed by atoms with Gasteiger partial charge in [-0.25, -0.2) is 9.18 Å². The van der Waals surface area contributed by atoms with Crippen LogP contribution in [-0.2, 0) is 20.9 Å². The van der Waals surface area contributed by atoms with Gasteiger partial charge in [0.1, 0.15) is 24.4 Å². The Kier molecular flexibility index (Phi) is 6.23. The maximum atomic E-state index is 14.1. The number of ether oxygens (including phenoxy) is 2. The monoisotopic (exact) mass is 392 g/mol. The van der Waals surface area contributed by atoms with Crippen molar-refractivity contribution in [1.29, 1.82) is 0 Å². The largest absolute Gasteiger partial charge is 0.460 e. The summed E-state index contributed by atoms with van der Waals surface area (Å²) < 4.78 is 25.0. The number of likely N-dealkylation sites (tertiary alicyclic amines) is 2. The van der Waals surface area contributed by atoms with Crippen LogP contribution < -0.4 is 0 Å². The molecule has 2 aliphatic rings. The van der Waals surface area contributed by atoms with Crippen LogP contribution in [0.3, 0.4) is 0 Å². The average molecular weight is 392 g/mol. The highest BCUT2D eigenvalue weighted by molar-refractivity contribution is 5.76. The predicted molar refractivity (Wildman–Crippen MR) is 102 cm³/mol. The molecule has 2 aliphatic heterocycles. The van der Waals surface area contributed by atoms with Gasteiger partial charge < -0.3 is 14.4 Å². The molecule has 2 saturated heterocycles. The van der Waals surface area contributed by atoms with E-state index in [0.29, 0.717) is 19.5 Å². The second kappa shape index (κ2) is 8.47. The molecule has 1 aromatic rings. The highest BCUT2D eigenvalue weighted by Gasteiger charge is 2.44. The summed E-state index contributed by atoms with van der Waals surface area (Å²) in [5.41, 5.74) is 0.338. The number of nitrogens with zero attached hydrogens (tertiary/aromatic N) is 2. The molecule has 3 atom stereocenters. The quantitative estimate of drug-likeness (QED) is 0.737. The van der Waals surface area contributed by atoms with Gasteiger partial charge in [-0.3, -0.25) is 9.69 Å². The van der Waals surface area contributed by atoms with Gasteiger partial charge in [0.25, 0.3) is 0 Å². The molecule has 1 unspecified atom stereocenters. The summed E-state index contributed by atoms with van der Waals surface area (Å²) >= 11 is 0. The maximum absolute atomic E-state index is 14.1. The molecule has 2 fully saturated rings. The Balaban J connectivity index is 1.58. The van der Waals surface area contributed by atoms with Crippen LogP contribution >= 0.6 is 0 Å². The number of rotatable bonds is 4. The second-order valence-corrected chi connectivity index (χ2v) is 8.51. The second-order valence-electron chi connectivity index (χ2n) is 8.51. The van der Waals surface area contributed by atoms with E-state index in [1.54, 1.807) is 4.90 Å². The van der Waals surface area contributed by atoms with Gasteiger partial charge >= 0.3 is 12.1 Å². The Morgan fingerprint density at radius 1 is 1.18 bits per heavy atom. The number of halogens is 1. The molecule has 28 heavy (non-hydrogen) atoms. The number of esters is 1. The van der Waals surface area contributed by atoms with Gasteiger partial charge in [0.15, 0.2) is 0 Å². The van der Waals surface area contributed by atoms with Gasteiger partial charge in [-0.2, -0.15) is 0 Å². The van der Waals surface area contributed by atoms with Crippen LogP contribution in [0.15, 0.2) is 30.3 Å². The van der Waals surface area contributed by atoms with Crippen LogP contribution in [0.2, 0.25) is 0 Å². The Labute approximate surface area is 165 Å². The molecule has 0 bridgehead atoms. The van der Waals surface area contributed by atoms with Crippen molar-refractivity contribution in [3.05, 3.63) is 35.9 Å². The first kappa shape index (κ1) is 20.6. The first-order valence-electron chi connectivity index (χ1n) is 9.81. The van der Waals surface area contributed by atoms with Crippen LogP contribution in [0.5, 0.6) is 0 Å². The van der Waals surface area contributed by atoms with Crippen LogP contribution in [0.25, 0.3) is 0 Å². The summed E-state index contributed by atoms with van der Waals surface area (Å²) in [5, 5.41) is 0. The van der Waals surface area contributed by atoms with E-state index in [1.165, 1.54) is 0 Å². The van der Waals surface area contributed by atoms with Crippen molar-refractivity contribution < 1.29 is 23.5 Å². The van der Waals surface area contributed by atoms with E-state index in [-0.39, 0.29) is 31.7 Å². The van der Waals surface area contributed by atoms with E-state index in [4.69, 9.17) is 9.47 Å². The zero-order valence-corrected chi connectivity index (χ0v) is 16.8. The minimum Gasteiger partial charge on any atom is -0.460 e. The smallest absolute Gasteiger partial charge is 0.410 e. The molecule has 0 aromatic heterocycles. The van der Waals surface area contributed by atoms with Crippen molar-refractivity contribution in [2.24, 2.45) is 0 Å². The number of benzene rings is 1. The van der Waals surface area contributed by atoms with Gasteiger partial charge in [0, 0.05) is 32.1 Å². The molecule has 0 N–H and O–H groups in total. The molecular formula is C21H29FN2O4. The number of carbonyl (C=O) groups excluding carboxylic acids is 2. The van der Waals surface area contributed by atoms with Gasteiger partial charge in [-0.1, -0.05) is 30.3 Å². The first-order valence-corrected chi connectivity index (χ1v) is 9.81. The van der Waals surface area contributed by atoms with Gasteiger partial charge in [-0.05, 0) is 32.8 Å². The SMILES string of the molecule is CC(C)(C)OC(=O)N1CCC(N2C[C@@H](F)C[C@@H]2C(=O)OCc2ccccc2)C1. The van der Waals surface area contributed by atoms with E-state index in [9.17, 15) is 14.0 Å². The molecule has 1 amide bonds. The highest BCUT2D eigenvalue weighted by atomic mass is 19.1. The fourth-order valence-electron chi connectivity index (χ4n) is 3.77. The third-order valence-corrected chi connectivity index (χ3v) is 5.07. The number of carbonyl (C=O) groups is 2. The standard InChI is InChI=1S/C21H29FN2O4/c1-21(2,3)28-20(26)23-10-9-17(13-23)24-12-16(22)11-18(24)19(25)27-14-15-7-5-4-6-8-15/h4-8,16-18H,9-14H2,1-3H3/t16-,17?,18+/m0/s1. The molecule has 0 spiro atoms. The van der Waals surface area contributed by atoms with Gasteiger partial charge in [0.2, 0.25) is 0 Å². The molecule has 0 radical (unpaired) electrons. The molecule has 7 heteroatoms. The average Bonchev–Trinajstić information content (AvgIpc) is 3.26. The first-order chi connectivity index (χ1) is 13.2. The highest BCUT2D eigenvalue weighted by Crippen LogP contribution is 2.29. The molecule has 0 saturated carbocycles. The third-order valence-electron chi connectivity index (χ3n) is 5.07. The van der Waals surface area contributed by atoms with E-state index < -0.39 is 23.8 Å². The summed E-state index contributed by atoms with van der Waals surface area (Å²) in [5.74, 6) is -0.403. The van der Waals surface area contributed by atoms with Crippen LogP contribution in [0, 0.1) is 0 Å². The zero-order chi connectivity index (χ0) is 20.3. The molecular weight excluding hydrogens is 363 g/mol. The topological polar surface area (TPSA) is 59.1 Å². The van der Waals surface area contributed by atoms with Gasteiger partial charge in [0.05, 0.1) is 0 Å². The Hall–Kier alpha value is -2.15. The fourth-order valence-corrected chi connectivity index (χ4v) is 3.77. The maximum Gasteiger partial charge on any atom is 0.410 e. The summed E-state index contributed by atoms with van der Waals surface area (Å²) in [6.45, 7) is 6.82. The summed E-state index contributed by atoms with van der Waals surface area (Å²) in [4.78, 5) is 28.4. The minimum atomic E-state index is -1.06. The van der Waals surface area contributed by atoms with E-state index in [0.717, 1.165) is 5.56 Å². The Morgan fingerprint density at radius 3 is 2.57 bits per heavy atom. The predicted octanol–water partition coefficient (Wildman–Crippen LogP) is 3.15. The van der Waals surface area contributed by atoms with Crippen LogP contribution in [-0.4, -0.2) is 65.4 Å². The van der Waals surface area contributed by atoms with E-state index in [2.05, 4.69) is 0 Å². The Bertz CT molecular complexity index is 691. The Morgan fingerprint density at radius 2 is 1.89 bits per heavy atom. The summed E-state index contributed by atoms with van der Waals surface area (Å²) in [7, 11) is 0. The van der Waals surface area contributed by atoms with Crippen LogP contribution in [0.1, 0.15) is 39.2 Å². The van der Waals surface area contributed by atoms with Crippen molar-refractivity contribution in [2.75, 3.05) is 19.6 Å². The van der Waals surface area contributed by atoms with E-state index in [1.807, 2.05) is 56.0 Å². The lowest BCUT2D eigenvalue weighted by atomic mass is 10.1. The lowest BCUT2D eigenvalue weighted by molar-refractivity contribution is -0.151. The zero-order valence-electron chi connectivity index (χ0n) is 16.8. The van der Waals surface area contributed by atoms with Gasteiger partial charge in [-0.15, -0.1) is 0 Å². The lowest BCUT2D eigenvalue weighted by Crippen LogP contribution is -2.46. The molecule has 3 rings (SSSR count). The molecule has 0 aliphatic carbocycles. The number of hydrogen-bond donors (Lipinski definition) is 0. The van der Waals surface area contributed by atoms with Crippen molar-refractivity contribution >= 4 is 12.1 Å². The third kappa shape index (κ3) is 5.22. The number of hydrogen-bond acceptors (Lipinski definition) is 5. The van der Waals surface area contributed by atoms with Crippen molar-refractivity contribution in [1.82, 2.24) is 9.80 Å². The normalized spacial score (nSPS) is 25.7. The number of amides is 1. The number of alkyl halides is 1. The summed E-state index contributed by atoms with van der Waals surface area (Å²) in [6.07, 6.45) is -0.607. The van der Waals surface area contributed by atoms with Crippen LogP contribution in [0.4, 0.5) is 9.18 Å². The van der Waals surface area contributed by atoms with Crippen molar-refractivity contribution in [2.45, 2.75) is 64.1 Å². The minimum absolute atomic E-state index is 0.0671. The fraction of sp³-hybridized carbons (Fsp3) is 0.619. The summed E-state index contributed by atoms with van der Waals surface area (Å²) in [6, 6.07) is 8.75. The van der Waals surface area contributed by atoms with E-state index >= 15 is 0 Å². The molecule has 1 aromatic carbocycles.